The Balaban J connectivity index is 1.54. The van der Waals surface area contributed by atoms with Crippen molar-refractivity contribution in [1.82, 2.24) is 5.32 Å². The van der Waals surface area contributed by atoms with E-state index in [1.54, 1.807) is 5.57 Å². The highest BCUT2D eigenvalue weighted by atomic mass is 14.9. The number of allylic oxidation sites excluding steroid dienone is 1. The summed E-state index contributed by atoms with van der Waals surface area (Å²) in [6.07, 6.45) is 10.6. The van der Waals surface area contributed by atoms with Crippen LogP contribution in [-0.4, -0.2) is 12.6 Å². The molecule has 2 aliphatic rings. The number of rotatable bonds is 4. The number of hydrogen-bond donors (Lipinski definition) is 1. The van der Waals surface area contributed by atoms with Crippen molar-refractivity contribution >= 4 is 0 Å². The summed E-state index contributed by atoms with van der Waals surface area (Å²) in [5.74, 6) is 0.975. The Labute approximate surface area is 81.6 Å². The van der Waals surface area contributed by atoms with Crippen molar-refractivity contribution in [2.75, 3.05) is 6.54 Å². The van der Waals surface area contributed by atoms with Gasteiger partial charge in [-0.3, -0.25) is 0 Å². The van der Waals surface area contributed by atoms with Crippen molar-refractivity contribution < 1.29 is 0 Å². The molecular weight excluding hydrogens is 158 g/mol. The topological polar surface area (TPSA) is 12.0 Å². The third-order valence-electron chi connectivity index (χ3n) is 3.39. The van der Waals surface area contributed by atoms with Gasteiger partial charge in [0.25, 0.3) is 0 Å². The summed E-state index contributed by atoms with van der Waals surface area (Å²) >= 11 is 0. The number of nitrogens with one attached hydrogen (secondary N) is 1. The minimum absolute atomic E-state index is 0.844. The molecule has 0 amide bonds. The molecule has 0 aliphatic heterocycles. The van der Waals surface area contributed by atoms with Gasteiger partial charge in [0, 0.05) is 6.04 Å². The average molecular weight is 179 g/mol. The Morgan fingerprint density at radius 3 is 2.92 bits per heavy atom. The van der Waals surface area contributed by atoms with Crippen LogP contribution in [0.1, 0.15) is 45.4 Å². The molecule has 0 aromatic heterocycles. The first kappa shape index (κ1) is 9.26. The van der Waals surface area contributed by atoms with E-state index in [1.807, 2.05) is 0 Å². The summed E-state index contributed by atoms with van der Waals surface area (Å²) in [6, 6.07) is 0.844. The van der Waals surface area contributed by atoms with Crippen LogP contribution in [0.25, 0.3) is 0 Å². The average Bonchev–Trinajstić information content (AvgIpc) is 2.53. The summed E-state index contributed by atoms with van der Waals surface area (Å²) in [7, 11) is 0. The van der Waals surface area contributed by atoms with Crippen LogP contribution in [0.5, 0.6) is 0 Å². The Morgan fingerprint density at radius 2 is 2.31 bits per heavy atom. The molecule has 1 N–H and O–H groups in total. The van der Waals surface area contributed by atoms with E-state index in [-0.39, 0.29) is 0 Å². The second kappa shape index (κ2) is 4.28. The fourth-order valence-electron chi connectivity index (χ4n) is 2.47. The van der Waals surface area contributed by atoms with Crippen LogP contribution in [0.15, 0.2) is 11.6 Å². The Kier molecular flexibility index (Phi) is 3.05. The van der Waals surface area contributed by atoms with Gasteiger partial charge in [-0.25, -0.2) is 0 Å². The van der Waals surface area contributed by atoms with Crippen LogP contribution in [0.3, 0.4) is 0 Å². The molecule has 0 heterocycles. The van der Waals surface area contributed by atoms with E-state index < -0.39 is 0 Å². The molecule has 1 nitrogen and oxygen atoms in total. The first-order valence-corrected chi connectivity index (χ1v) is 5.76. The minimum atomic E-state index is 0.844. The second-order valence-corrected chi connectivity index (χ2v) is 4.73. The van der Waals surface area contributed by atoms with Gasteiger partial charge in [-0.2, -0.15) is 0 Å². The van der Waals surface area contributed by atoms with E-state index in [0.29, 0.717) is 0 Å². The van der Waals surface area contributed by atoms with Gasteiger partial charge < -0.3 is 5.32 Å². The SMILES string of the molecule is CC1CC(NCCC2=CCCC2)C1. The molecule has 0 aromatic carbocycles. The molecule has 74 valence electrons. The Bertz CT molecular complexity index is 189. The fourth-order valence-corrected chi connectivity index (χ4v) is 2.47. The largest absolute Gasteiger partial charge is 0.314 e. The van der Waals surface area contributed by atoms with Crippen LogP contribution in [-0.2, 0) is 0 Å². The van der Waals surface area contributed by atoms with Crippen molar-refractivity contribution in [3.63, 3.8) is 0 Å². The van der Waals surface area contributed by atoms with E-state index in [1.165, 1.54) is 45.1 Å². The zero-order valence-corrected chi connectivity index (χ0v) is 8.68. The van der Waals surface area contributed by atoms with E-state index in [9.17, 15) is 0 Å². The van der Waals surface area contributed by atoms with Crippen molar-refractivity contribution in [3.05, 3.63) is 11.6 Å². The smallest absolute Gasteiger partial charge is 0.00722 e. The first-order valence-electron chi connectivity index (χ1n) is 5.76. The molecule has 0 spiro atoms. The molecule has 0 saturated heterocycles. The molecule has 1 saturated carbocycles. The van der Waals surface area contributed by atoms with Crippen molar-refractivity contribution in [2.24, 2.45) is 5.92 Å². The van der Waals surface area contributed by atoms with Crippen molar-refractivity contribution in [2.45, 2.75) is 51.5 Å². The summed E-state index contributed by atoms with van der Waals surface area (Å²) in [5, 5.41) is 3.64. The van der Waals surface area contributed by atoms with Crippen LogP contribution >= 0.6 is 0 Å². The van der Waals surface area contributed by atoms with Crippen LogP contribution in [0, 0.1) is 5.92 Å². The third kappa shape index (κ3) is 2.57. The molecule has 0 aromatic rings. The normalized spacial score (nSPS) is 32.8. The predicted molar refractivity (Wildman–Crippen MR) is 56.7 cm³/mol. The quantitative estimate of drug-likeness (QED) is 0.654. The Hall–Kier alpha value is -0.300. The van der Waals surface area contributed by atoms with E-state index in [4.69, 9.17) is 0 Å². The zero-order chi connectivity index (χ0) is 9.10. The molecule has 13 heavy (non-hydrogen) atoms. The van der Waals surface area contributed by atoms with Gasteiger partial charge in [-0.05, 0) is 51.0 Å². The molecule has 2 aliphatic carbocycles. The maximum atomic E-state index is 3.64. The van der Waals surface area contributed by atoms with Gasteiger partial charge in [0.1, 0.15) is 0 Å². The lowest BCUT2D eigenvalue weighted by Crippen LogP contribution is -2.40. The lowest BCUT2D eigenvalue weighted by molar-refractivity contribution is 0.243. The molecule has 1 heteroatoms. The van der Waals surface area contributed by atoms with Crippen molar-refractivity contribution in [3.8, 4) is 0 Å². The van der Waals surface area contributed by atoms with Crippen LogP contribution in [0.4, 0.5) is 0 Å². The molecule has 0 radical (unpaired) electrons. The van der Waals surface area contributed by atoms with Gasteiger partial charge in [0.2, 0.25) is 0 Å². The fraction of sp³-hybridized carbons (Fsp3) is 0.833. The highest BCUT2D eigenvalue weighted by Gasteiger charge is 2.24. The molecule has 2 rings (SSSR count). The van der Waals surface area contributed by atoms with E-state index in [0.717, 1.165) is 12.0 Å². The van der Waals surface area contributed by atoms with Crippen LogP contribution < -0.4 is 5.32 Å². The maximum Gasteiger partial charge on any atom is 0.00722 e. The molecule has 0 unspecified atom stereocenters. The second-order valence-electron chi connectivity index (χ2n) is 4.73. The van der Waals surface area contributed by atoms with Crippen molar-refractivity contribution in [1.29, 1.82) is 0 Å². The minimum Gasteiger partial charge on any atom is -0.314 e. The standard InChI is InChI=1S/C12H21N/c1-10-8-12(9-10)13-7-6-11-4-2-3-5-11/h4,10,12-13H,2-3,5-9H2,1H3. The molecule has 0 atom stereocenters. The molecule has 1 fully saturated rings. The summed E-state index contributed by atoms with van der Waals surface area (Å²) in [5.41, 5.74) is 1.69. The zero-order valence-electron chi connectivity index (χ0n) is 8.68. The first-order chi connectivity index (χ1) is 6.34. The summed E-state index contributed by atoms with van der Waals surface area (Å²) < 4.78 is 0. The predicted octanol–water partition coefficient (Wildman–Crippen LogP) is 2.87. The number of hydrogen-bond acceptors (Lipinski definition) is 1. The van der Waals surface area contributed by atoms with Gasteiger partial charge in [-0.15, -0.1) is 0 Å². The molecule has 0 bridgehead atoms. The molecular formula is C12H21N. The van der Waals surface area contributed by atoms with Gasteiger partial charge in [0.15, 0.2) is 0 Å². The summed E-state index contributed by atoms with van der Waals surface area (Å²) in [4.78, 5) is 0. The van der Waals surface area contributed by atoms with Gasteiger partial charge in [0.05, 0.1) is 0 Å². The third-order valence-corrected chi connectivity index (χ3v) is 3.39. The lowest BCUT2D eigenvalue weighted by Gasteiger charge is -2.33. The highest BCUT2D eigenvalue weighted by molar-refractivity contribution is 5.07. The monoisotopic (exact) mass is 179 g/mol. The van der Waals surface area contributed by atoms with E-state index >= 15 is 0 Å². The van der Waals surface area contributed by atoms with Gasteiger partial charge in [-0.1, -0.05) is 18.6 Å². The maximum absolute atomic E-state index is 3.64. The highest BCUT2D eigenvalue weighted by Crippen LogP contribution is 2.26. The summed E-state index contributed by atoms with van der Waals surface area (Å²) in [6.45, 7) is 3.56. The Morgan fingerprint density at radius 1 is 1.46 bits per heavy atom. The van der Waals surface area contributed by atoms with Gasteiger partial charge >= 0.3 is 0 Å². The van der Waals surface area contributed by atoms with E-state index in [2.05, 4.69) is 18.3 Å². The van der Waals surface area contributed by atoms with Crippen LogP contribution in [0.2, 0.25) is 0 Å². The lowest BCUT2D eigenvalue weighted by atomic mass is 9.82.